The number of carbonyl (C=O) groups is 1. The smallest absolute Gasteiger partial charge is 0.165 e. The van der Waals surface area contributed by atoms with Crippen LogP contribution in [0, 0.1) is 12.8 Å². The van der Waals surface area contributed by atoms with E-state index in [9.17, 15) is 9.90 Å². The maximum Gasteiger partial charge on any atom is 0.165 e. The molecule has 2 aromatic heterocycles. The average molecular weight is 484 g/mol. The van der Waals surface area contributed by atoms with Crippen molar-refractivity contribution in [2.75, 3.05) is 62.8 Å². The Morgan fingerprint density at radius 3 is 2.43 bits per heavy atom. The second kappa shape index (κ2) is 14.2. The van der Waals surface area contributed by atoms with Gasteiger partial charge in [-0.25, -0.2) is 9.67 Å². The number of piperazine rings is 1. The van der Waals surface area contributed by atoms with Crippen LogP contribution in [0.5, 0.6) is 0 Å². The van der Waals surface area contributed by atoms with Crippen LogP contribution < -0.4 is 16.0 Å². The minimum absolute atomic E-state index is 0.119. The van der Waals surface area contributed by atoms with Crippen molar-refractivity contribution in [2.24, 2.45) is 5.73 Å². The topological polar surface area (TPSA) is 122 Å². The summed E-state index contributed by atoms with van der Waals surface area (Å²) < 4.78 is 6.78. The van der Waals surface area contributed by atoms with Gasteiger partial charge in [0.15, 0.2) is 11.6 Å². The summed E-state index contributed by atoms with van der Waals surface area (Å²) in [6.07, 6.45) is 13.1. The van der Waals surface area contributed by atoms with Crippen LogP contribution in [-0.4, -0.2) is 89.1 Å². The zero-order chi connectivity index (χ0) is 25.8. The van der Waals surface area contributed by atoms with Gasteiger partial charge in [-0.1, -0.05) is 13.8 Å². The fourth-order valence-corrected chi connectivity index (χ4v) is 3.70. The van der Waals surface area contributed by atoms with Crippen LogP contribution in [0.25, 0.3) is 6.20 Å². The highest BCUT2D eigenvalue weighted by molar-refractivity contribution is 5.99. The van der Waals surface area contributed by atoms with Crippen LogP contribution in [0.15, 0.2) is 30.1 Å². The first kappa shape index (κ1) is 28.0. The summed E-state index contributed by atoms with van der Waals surface area (Å²) in [4.78, 5) is 21.4. The van der Waals surface area contributed by atoms with Crippen LogP contribution in [0.4, 0.5) is 17.3 Å². The van der Waals surface area contributed by atoms with E-state index in [1.807, 2.05) is 32.2 Å². The summed E-state index contributed by atoms with van der Waals surface area (Å²) in [5, 5.41) is 16.8. The molecule has 35 heavy (non-hydrogen) atoms. The van der Waals surface area contributed by atoms with E-state index in [1.54, 1.807) is 12.4 Å². The largest absolute Gasteiger partial charge is 0.392 e. The molecular formula is C25H37N7O3. The molecular weight excluding hydrogens is 446 g/mol. The third-order valence-corrected chi connectivity index (χ3v) is 5.70. The molecule has 0 amide bonds. The molecule has 10 heteroatoms. The number of nitrogens with zero attached hydrogens (tertiary/aromatic N) is 5. The Morgan fingerprint density at radius 2 is 1.94 bits per heavy atom. The molecule has 190 valence electrons. The van der Waals surface area contributed by atoms with E-state index in [2.05, 4.69) is 38.0 Å². The molecule has 0 unspecified atom stereocenters. The van der Waals surface area contributed by atoms with Gasteiger partial charge in [-0.2, -0.15) is 0 Å². The van der Waals surface area contributed by atoms with Crippen molar-refractivity contribution in [1.29, 1.82) is 0 Å². The lowest BCUT2D eigenvalue weighted by molar-refractivity contribution is -0.0660. The predicted molar refractivity (Wildman–Crippen MR) is 140 cm³/mol. The number of carbonyl (C=O) groups excluding carboxylic acids is 1. The predicted octanol–water partition coefficient (Wildman–Crippen LogP) is 1.81. The van der Waals surface area contributed by atoms with Gasteiger partial charge in [-0.05, 0) is 24.6 Å². The fraction of sp³-hybridized carbons (Fsp3) is 0.480. The van der Waals surface area contributed by atoms with E-state index in [1.165, 1.54) is 11.6 Å². The van der Waals surface area contributed by atoms with Gasteiger partial charge in [0, 0.05) is 45.1 Å². The number of hydrogen-bond acceptors (Lipinski definition) is 9. The normalized spacial score (nSPS) is 16.3. The second-order valence-corrected chi connectivity index (χ2v) is 7.82. The van der Waals surface area contributed by atoms with E-state index >= 15 is 0 Å². The van der Waals surface area contributed by atoms with E-state index < -0.39 is 0 Å². The molecule has 0 aromatic carbocycles. The number of hydrogen-bond donors (Lipinski definition) is 3. The number of aliphatic hydroxyl groups is 1. The van der Waals surface area contributed by atoms with Gasteiger partial charge in [-0.3, -0.25) is 9.69 Å². The molecule has 2 aliphatic heterocycles. The lowest BCUT2D eigenvalue weighted by atomic mass is 10.2. The maximum atomic E-state index is 12.0. The van der Waals surface area contributed by atoms with Crippen molar-refractivity contribution in [2.45, 2.75) is 26.8 Å². The Morgan fingerprint density at radius 1 is 1.26 bits per heavy atom. The van der Waals surface area contributed by atoms with Crippen LogP contribution >= 0.6 is 0 Å². The molecule has 0 spiro atoms. The van der Waals surface area contributed by atoms with Gasteiger partial charge in [0.2, 0.25) is 0 Å². The molecule has 10 nitrogen and oxygen atoms in total. The Kier molecular flexibility index (Phi) is 11.4. The standard InChI is InChI=1S/C21H29N7O3.C2H6.C2H2/c1-15(30)19-11-28(10-16(8-22)12-29)25-21(19)24-20-3-2-17(9-23-20)26-4-6-27(7-5-26)18-13-31-14-18;2*1-2/h2-3,9-11,18,29H,4-8,12-14,22H2,1H3,(H,23,24,25);1-2H3;1-2H/b16-10-;;. The van der Waals surface area contributed by atoms with Crippen LogP contribution in [0.1, 0.15) is 31.1 Å². The molecule has 2 aromatic rings. The van der Waals surface area contributed by atoms with Crippen LogP contribution in [0.3, 0.4) is 0 Å². The quantitative estimate of drug-likeness (QED) is 0.381. The number of Topliss-reactive ketones (excluding diaryl/α,β-unsaturated/α-hetero) is 1. The number of nitrogens with two attached hydrogens (primary N) is 1. The van der Waals surface area contributed by atoms with Crippen molar-refractivity contribution in [3.8, 4) is 12.8 Å². The Labute approximate surface area is 207 Å². The minimum Gasteiger partial charge on any atom is -0.392 e. The van der Waals surface area contributed by atoms with Gasteiger partial charge in [-0.15, -0.1) is 17.9 Å². The first-order valence-corrected chi connectivity index (χ1v) is 11.8. The van der Waals surface area contributed by atoms with Crippen molar-refractivity contribution in [3.05, 3.63) is 35.7 Å². The SMILES string of the molecule is C#C.CC.CC(=O)c1cn(/C=C(/CN)CO)nc1Nc1ccc(N2CCN(C3COC3)CC2)cn1. The lowest BCUT2D eigenvalue weighted by Crippen LogP contribution is -2.56. The van der Waals surface area contributed by atoms with Crippen molar-refractivity contribution >= 4 is 29.3 Å². The summed E-state index contributed by atoms with van der Waals surface area (Å²) in [6.45, 7) is 11.2. The molecule has 2 aliphatic rings. The number of anilines is 3. The van der Waals surface area contributed by atoms with E-state index in [4.69, 9.17) is 10.5 Å². The van der Waals surface area contributed by atoms with E-state index in [0.717, 1.165) is 45.1 Å². The van der Waals surface area contributed by atoms with Crippen molar-refractivity contribution < 1.29 is 14.6 Å². The van der Waals surface area contributed by atoms with Gasteiger partial charge >= 0.3 is 0 Å². The van der Waals surface area contributed by atoms with Gasteiger partial charge in [0.1, 0.15) is 5.82 Å². The number of aromatic nitrogens is 3. The summed E-state index contributed by atoms with van der Waals surface area (Å²) in [7, 11) is 0. The highest BCUT2D eigenvalue weighted by atomic mass is 16.5. The third kappa shape index (κ3) is 7.37. The highest BCUT2D eigenvalue weighted by Gasteiger charge is 2.28. The van der Waals surface area contributed by atoms with Crippen LogP contribution in [0.2, 0.25) is 0 Å². The summed E-state index contributed by atoms with van der Waals surface area (Å²) in [5.41, 5.74) is 7.71. The zero-order valence-electron chi connectivity index (χ0n) is 20.9. The summed E-state index contributed by atoms with van der Waals surface area (Å²) >= 11 is 0. The minimum atomic E-state index is -0.166. The average Bonchev–Trinajstić information content (AvgIpc) is 3.27. The number of pyridine rings is 1. The molecule has 0 atom stereocenters. The molecule has 2 saturated heterocycles. The molecule has 0 aliphatic carbocycles. The van der Waals surface area contributed by atoms with Crippen LogP contribution in [-0.2, 0) is 4.74 Å². The van der Waals surface area contributed by atoms with E-state index in [0.29, 0.717) is 28.8 Å². The molecule has 4 rings (SSSR count). The Hall–Kier alpha value is -3.23. The number of ketones is 1. The van der Waals surface area contributed by atoms with Gasteiger partial charge in [0.05, 0.1) is 43.3 Å². The first-order valence-electron chi connectivity index (χ1n) is 11.8. The molecule has 4 heterocycles. The highest BCUT2D eigenvalue weighted by Crippen LogP contribution is 2.23. The number of rotatable bonds is 8. The van der Waals surface area contributed by atoms with Gasteiger partial charge in [0.25, 0.3) is 0 Å². The summed E-state index contributed by atoms with van der Waals surface area (Å²) in [6, 6.07) is 4.50. The molecule has 2 fully saturated rings. The lowest BCUT2D eigenvalue weighted by Gasteiger charge is -2.43. The molecule has 0 saturated carbocycles. The fourth-order valence-electron chi connectivity index (χ4n) is 3.70. The summed E-state index contributed by atoms with van der Waals surface area (Å²) in [5.74, 6) is 0.897. The van der Waals surface area contributed by atoms with Gasteiger partial charge < -0.3 is 25.8 Å². The zero-order valence-corrected chi connectivity index (χ0v) is 20.9. The number of ether oxygens (including phenoxy) is 1. The molecule has 0 radical (unpaired) electrons. The van der Waals surface area contributed by atoms with E-state index in [-0.39, 0.29) is 18.9 Å². The molecule has 4 N–H and O–H groups in total. The van der Waals surface area contributed by atoms with Crippen molar-refractivity contribution in [1.82, 2.24) is 19.7 Å². The number of aliphatic hydroxyl groups excluding tert-OH is 1. The van der Waals surface area contributed by atoms with Crippen molar-refractivity contribution in [3.63, 3.8) is 0 Å². The maximum absolute atomic E-state index is 12.0. The Bertz CT molecular complexity index is 967. The Balaban J connectivity index is 0.00000103. The molecule has 0 bridgehead atoms. The monoisotopic (exact) mass is 483 g/mol. The first-order chi connectivity index (χ1) is 17.1. The number of terminal acetylenes is 1. The number of nitrogens with one attached hydrogen (secondary N) is 1. The second-order valence-electron chi connectivity index (χ2n) is 7.82. The third-order valence-electron chi connectivity index (χ3n) is 5.70.